The van der Waals surface area contributed by atoms with E-state index in [1.54, 1.807) is 0 Å². The number of aromatic nitrogens is 2. The summed E-state index contributed by atoms with van der Waals surface area (Å²) in [7, 11) is 1.88. The van der Waals surface area contributed by atoms with Crippen LogP contribution in [0.4, 0.5) is 6.01 Å². The van der Waals surface area contributed by atoms with E-state index in [1.165, 1.54) is 0 Å². The van der Waals surface area contributed by atoms with Gasteiger partial charge in [0.2, 0.25) is 5.89 Å². The highest BCUT2D eigenvalue weighted by Crippen LogP contribution is 2.23. The first kappa shape index (κ1) is 11.7. The third-order valence-corrected chi connectivity index (χ3v) is 4.04. The lowest BCUT2D eigenvalue weighted by Crippen LogP contribution is -2.40. The van der Waals surface area contributed by atoms with Gasteiger partial charge in [-0.1, -0.05) is 5.10 Å². The van der Waals surface area contributed by atoms with Crippen LogP contribution in [0, 0.1) is 0 Å². The average molecular weight is 242 g/mol. The Hall–Kier alpha value is -0.750. The van der Waals surface area contributed by atoms with Gasteiger partial charge >= 0.3 is 6.01 Å². The van der Waals surface area contributed by atoms with Crippen LogP contribution in [0.3, 0.4) is 0 Å². The number of rotatable bonds is 3. The molecule has 0 aromatic carbocycles. The molecular formula is C10H18N4OS. The van der Waals surface area contributed by atoms with Crippen molar-refractivity contribution in [2.24, 2.45) is 0 Å². The predicted molar refractivity (Wildman–Crippen MR) is 65.9 cm³/mol. The van der Waals surface area contributed by atoms with Gasteiger partial charge in [0.05, 0.1) is 6.04 Å². The monoisotopic (exact) mass is 242 g/mol. The summed E-state index contributed by atoms with van der Waals surface area (Å²) in [5.41, 5.74) is 0. The van der Waals surface area contributed by atoms with Crippen molar-refractivity contribution in [3.8, 4) is 0 Å². The van der Waals surface area contributed by atoms with E-state index in [0.717, 1.165) is 18.1 Å². The molecule has 1 aromatic heterocycles. The second-order valence-corrected chi connectivity index (χ2v) is 5.20. The summed E-state index contributed by atoms with van der Waals surface area (Å²) >= 11 is 1.98. The molecule has 0 saturated carbocycles. The average Bonchev–Trinajstić information content (AvgIpc) is 2.78. The lowest BCUT2D eigenvalue weighted by atomic mass is 10.3. The summed E-state index contributed by atoms with van der Waals surface area (Å²) in [6.07, 6.45) is 0. The molecule has 0 radical (unpaired) electrons. The molecule has 0 bridgehead atoms. The first-order valence-electron chi connectivity index (χ1n) is 5.57. The van der Waals surface area contributed by atoms with Gasteiger partial charge in [-0.15, -0.1) is 5.10 Å². The van der Waals surface area contributed by atoms with Crippen LogP contribution in [0.15, 0.2) is 4.42 Å². The minimum absolute atomic E-state index is 0.107. The number of hydrogen-bond donors (Lipinski definition) is 1. The Bertz CT molecular complexity index is 343. The summed E-state index contributed by atoms with van der Waals surface area (Å²) in [5, 5.41) is 11.3. The molecule has 1 aliphatic rings. The quantitative estimate of drug-likeness (QED) is 0.862. The van der Waals surface area contributed by atoms with Crippen LogP contribution in [0.1, 0.15) is 25.8 Å². The Kier molecular flexibility index (Phi) is 3.70. The molecule has 1 N–H and O–H groups in total. The molecule has 2 unspecified atom stereocenters. The van der Waals surface area contributed by atoms with Crippen LogP contribution in [0.2, 0.25) is 0 Å². The third-order valence-electron chi connectivity index (χ3n) is 2.85. The van der Waals surface area contributed by atoms with Crippen LogP contribution in [0.25, 0.3) is 0 Å². The molecule has 1 aliphatic heterocycles. The second-order valence-electron chi connectivity index (χ2n) is 4.05. The zero-order valence-electron chi connectivity index (χ0n) is 9.93. The topological polar surface area (TPSA) is 54.2 Å². The molecule has 1 fully saturated rings. The Morgan fingerprint density at radius 3 is 3.06 bits per heavy atom. The van der Waals surface area contributed by atoms with E-state index >= 15 is 0 Å². The summed E-state index contributed by atoms with van der Waals surface area (Å²) in [6, 6.07) is 1.23. The molecule has 2 rings (SSSR count). The fourth-order valence-electron chi connectivity index (χ4n) is 1.65. The summed E-state index contributed by atoms with van der Waals surface area (Å²) < 4.78 is 5.68. The van der Waals surface area contributed by atoms with Gasteiger partial charge in [-0.05, 0) is 20.9 Å². The molecule has 0 amide bonds. The van der Waals surface area contributed by atoms with Gasteiger partial charge in [0, 0.05) is 24.1 Å². The van der Waals surface area contributed by atoms with E-state index in [9.17, 15) is 0 Å². The highest BCUT2D eigenvalue weighted by atomic mass is 32.2. The normalized spacial score (nSPS) is 23.4. The Morgan fingerprint density at radius 1 is 1.56 bits per heavy atom. The molecule has 90 valence electrons. The number of thioether (sulfide) groups is 1. The van der Waals surface area contributed by atoms with E-state index in [1.807, 2.05) is 25.7 Å². The predicted octanol–water partition coefficient (Wildman–Crippen LogP) is 1.29. The fraction of sp³-hybridized carbons (Fsp3) is 0.800. The molecule has 16 heavy (non-hydrogen) atoms. The van der Waals surface area contributed by atoms with Gasteiger partial charge in [-0.2, -0.15) is 11.8 Å². The van der Waals surface area contributed by atoms with Crippen LogP contribution in [-0.2, 0) is 0 Å². The van der Waals surface area contributed by atoms with Crippen LogP contribution in [-0.4, -0.2) is 41.3 Å². The lowest BCUT2D eigenvalue weighted by molar-refractivity contribution is 0.424. The van der Waals surface area contributed by atoms with E-state index < -0.39 is 0 Å². The third kappa shape index (κ3) is 2.32. The van der Waals surface area contributed by atoms with Crippen LogP contribution < -0.4 is 10.2 Å². The molecule has 1 aromatic rings. The van der Waals surface area contributed by atoms with Crippen molar-refractivity contribution in [1.29, 1.82) is 0 Å². The first-order valence-corrected chi connectivity index (χ1v) is 6.73. The molecule has 2 atom stereocenters. The summed E-state index contributed by atoms with van der Waals surface area (Å²) in [5.74, 6) is 2.91. The Labute approximate surface area is 100.0 Å². The molecule has 0 spiro atoms. The van der Waals surface area contributed by atoms with E-state index in [0.29, 0.717) is 17.9 Å². The fourth-order valence-corrected chi connectivity index (χ4v) is 2.67. The minimum Gasteiger partial charge on any atom is -0.406 e. The van der Waals surface area contributed by atoms with Crippen molar-refractivity contribution in [3.63, 3.8) is 0 Å². The van der Waals surface area contributed by atoms with Crippen molar-refractivity contribution in [2.45, 2.75) is 25.9 Å². The molecule has 5 nitrogen and oxygen atoms in total. The number of nitrogens with zero attached hydrogens (tertiary/aromatic N) is 3. The Morgan fingerprint density at radius 2 is 2.38 bits per heavy atom. The molecular weight excluding hydrogens is 224 g/mol. The lowest BCUT2D eigenvalue weighted by Gasteiger charge is -2.31. The van der Waals surface area contributed by atoms with E-state index in [2.05, 4.69) is 27.3 Å². The smallest absolute Gasteiger partial charge is 0.318 e. The number of nitrogens with one attached hydrogen (secondary N) is 1. The van der Waals surface area contributed by atoms with Gasteiger partial charge in [0.1, 0.15) is 0 Å². The zero-order valence-corrected chi connectivity index (χ0v) is 10.8. The molecule has 6 heteroatoms. The van der Waals surface area contributed by atoms with E-state index in [4.69, 9.17) is 4.42 Å². The highest BCUT2D eigenvalue weighted by Gasteiger charge is 2.24. The van der Waals surface area contributed by atoms with Gasteiger partial charge in [-0.3, -0.25) is 0 Å². The first-order chi connectivity index (χ1) is 7.72. The van der Waals surface area contributed by atoms with E-state index in [-0.39, 0.29) is 6.04 Å². The highest BCUT2D eigenvalue weighted by molar-refractivity contribution is 7.99. The molecule has 2 heterocycles. The SMILES string of the molecule is CNC(C)c1nnc(N2CCSCC2C)o1. The number of anilines is 1. The maximum atomic E-state index is 5.68. The second kappa shape index (κ2) is 5.05. The van der Waals surface area contributed by atoms with Gasteiger partial charge < -0.3 is 14.6 Å². The standard InChI is InChI=1S/C10H18N4OS/c1-7-6-16-5-4-14(7)10-13-12-9(15-10)8(2)11-3/h7-8,11H,4-6H2,1-3H3. The van der Waals surface area contributed by atoms with Crippen molar-refractivity contribution in [1.82, 2.24) is 15.5 Å². The van der Waals surface area contributed by atoms with Crippen molar-refractivity contribution >= 4 is 17.8 Å². The molecule has 0 aliphatic carbocycles. The maximum Gasteiger partial charge on any atom is 0.318 e. The van der Waals surface area contributed by atoms with Gasteiger partial charge in [-0.25, -0.2) is 0 Å². The summed E-state index contributed by atoms with van der Waals surface area (Å²) in [4.78, 5) is 2.19. The zero-order chi connectivity index (χ0) is 11.5. The Balaban J connectivity index is 2.11. The molecule has 1 saturated heterocycles. The number of hydrogen-bond acceptors (Lipinski definition) is 6. The van der Waals surface area contributed by atoms with Crippen molar-refractivity contribution in [2.75, 3.05) is 30.0 Å². The van der Waals surface area contributed by atoms with Crippen molar-refractivity contribution < 1.29 is 4.42 Å². The maximum absolute atomic E-state index is 5.68. The van der Waals surface area contributed by atoms with Crippen molar-refractivity contribution in [3.05, 3.63) is 5.89 Å². The minimum atomic E-state index is 0.107. The van der Waals surface area contributed by atoms with Gasteiger partial charge in [0.15, 0.2) is 0 Å². The van der Waals surface area contributed by atoms with Gasteiger partial charge in [0.25, 0.3) is 0 Å². The summed E-state index contributed by atoms with van der Waals surface area (Å²) in [6.45, 7) is 5.19. The largest absolute Gasteiger partial charge is 0.406 e. The van der Waals surface area contributed by atoms with Crippen LogP contribution >= 0.6 is 11.8 Å². The van der Waals surface area contributed by atoms with Crippen LogP contribution in [0.5, 0.6) is 0 Å².